The van der Waals surface area contributed by atoms with E-state index < -0.39 is 12.2 Å². The number of carboxylic acid groups (broad SMARTS) is 1. The van der Waals surface area contributed by atoms with Crippen molar-refractivity contribution in [1.29, 1.82) is 0 Å². The number of carboxylic acids is 1. The molecule has 0 fully saturated rings. The molecule has 2 atom stereocenters. The van der Waals surface area contributed by atoms with Crippen molar-refractivity contribution in [3.05, 3.63) is 89.0 Å². The molecule has 0 saturated heterocycles. The van der Waals surface area contributed by atoms with Crippen molar-refractivity contribution in [3.8, 4) is 17.2 Å². The summed E-state index contributed by atoms with van der Waals surface area (Å²) in [6, 6.07) is 20.8. The number of ether oxygens (including phenoxy) is 3. The van der Waals surface area contributed by atoms with E-state index in [-0.39, 0.29) is 11.6 Å². The molecule has 0 unspecified atom stereocenters. The average molecular weight is 430 g/mol. The molecule has 2 heterocycles. The highest BCUT2D eigenvalue weighted by Gasteiger charge is 2.42. The second-order valence-corrected chi connectivity index (χ2v) is 7.62. The Morgan fingerprint density at radius 3 is 2.41 bits per heavy atom. The highest BCUT2D eigenvalue weighted by atomic mass is 16.5. The van der Waals surface area contributed by atoms with Crippen LogP contribution in [0.5, 0.6) is 17.2 Å². The maximum atomic E-state index is 12.1. The number of nitrogens with zero attached hydrogens (tertiary/aromatic N) is 2. The third-order valence-electron chi connectivity index (χ3n) is 5.86. The summed E-state index contributed by atoms with van der Waals surface area (Å²) in [6.07, 6.45) is -0.0432. The Balaban J connectivity index is 1.67. The molecule has 0 bridgehead atoms. The van der Waals surface area contributed by atoms with E-state index in [0.717, 1.165) is 22.6 Å². The van der Waals surface area contributed by atoms with E-state index in [9.17, 15) is 9.90 Å². The van der Waals surface area contributed by atoms with Gasteiger partial charge < -0.3 is 19.3 Å². The quantitative estimate of drug-likeness (QED) is 0.635. The van der Waals surface area contributed by atoms with Crippen LogP contribution >= 0.6 is 0 Å². The average Bonchev–Trinajstić information content (AvgIpc) is 3.29. The molecule has 2 aliphatic heterocycles. The number of hydrazone groups is 1. The van der Waals surface area contributed by atoms with Crippen molar-refractivity contribution in [2.45, 2.75) is 18.7 Å². The predicted octanol–water partition coefficient (Wildman–Crippen LogP) is 4.64. The third kappa shape index (κ3) is 3.22. The molecule has 3 aromatic carbocycles. The standard InChI is InChI=1S/C25H22N2O5/c1-30-22-12-17(18(25(28)29)13-23(22)31-2)24-27-20(16-10-6-7-11-21(16)32-24)14-19(26-27)15-8-4-3-5-9-15/h3-13,20,24H,14H2,1-2H3,(H,28,29)/t20-,24+/m0/s1. The first-order chi connectivity index (χ1) is 15.6. The van der Waals surface area contributed by atoms with Gasteiger partial charge in [0.15, 0.2) is 11.5 Å². The molecule has 0 radical (unpaired) electrons. The maximum absolute atomic E-state index is 12.1. The number of aromatic carboxylic acids is 1. The lowest BCUT2D eigenvalue weighted by Crippen LogP contribution is -2.34. The summed E-state index contributed by atoms with van der Waals surface area (Å²) in [5.41, 5.74) is 3.51. The Kier molecular flexibility index (Phi) is 4.93. The summed E-state index contributed by atoms with van der Waals surface area (Å²) in [5.74, 6) is 0.412. The van der Waals surface area contributed by atoms with Gasteiger partial charge in [0.25, 0.3) is 0 Å². The topological polar surface area (TPSA) is 80.6 Å². The van der Waals surface area contributed by atoms with Gasteiger partial charge in [0.2, 0.25) is 6.23 Å². The van der Waals surface area contributed by atoms with E-state index in [0.29, 0.717) is 23.5 Å². The molecule has 2 aliphatic rings. The predicted molar refractivity (Wildman–Crippen MR) is 118 cm³/mol. The Morgan fingerprint density at radius 2 is 1.69 bits per heavy atom. The van der Waals surface area contributed by atoms with Crippen molar-refractivity contribution < 1.29 is 24.1 Å². The number of hydrogen-bond donors (Lipinski definition) is 1. The zero-order chi connectivity index (χ0) is 22.2. The molecule has 0 aromatic heterocycles. The minimum atomic E-state index is -1.08. The number of fused-ring (bicyclic) bond motifs is 3. The van der Waals surface area contributed by atoms with Gasteiger partial charge in [-0.25, -0.2) is 9.80 Å². The first kappa shape index (κ1) is 19.9. The molecule has 5 rings (SSSR count). The van der Waals surface area contributed by atoms with Crippen LogP contribution in [0, 0.1) is 0 Å². The van der Waals surface area contributed by atoms with Crippen molar-refractivity contribution in [3.63, 3.8) is 0 Å². The van der Waals surface area contributed by atoms with Gasteiger partial charge in [-0.05, 0) is 23.8 Å². The van der Waals surface area contributed by atoms with Crippen LogP contribution in [0.25, 0.3) is 0 Å². The van der Waals surface area contributed by atoms with Gasteiger partial charge in [-0.1, -0.05) is 48.5 Å². The zero-order valence-electron chi connectivity index (χ0n) is 17.7. The lowest BCUT2D eigenvalue weighted by Gasteiger charge is -2.38. The fourth-order valence-corrected chi connectivity index (χ4v) is 4.33. The lowest BCUT2D eigenvalue weighted by molar-refractivity contribution is -0.0199. The van der Waals surface area contributed by atoms with E-state index in [2.05, 4.69) is 0 Å². The Labute approximate surface area is 185 Å². The van der Waals surface area contributed by atoms with Crippen molar-refractivity contribution >= 4 is 11.7 Å². The molecule has 0 aliphatic carbocycles. The molecule has 0 amide bonds. The molecule has 1 N–H and O–H groups in total. The van der Waals surface area contributed by atoms with Gasteiger partial charge in [0, 0.05) is 17.5 Å². The molecule has 0 saturated carbocycles. The molecule has 3 aromatic rings. The molecular formula is C25H22N2O5. The Morgan fingerprint density at radius 1 is 1.00 bits per heavy atom. The summed E-state index contributed by atoms with van der Waals surface area (Å²) in [5, 5.41) is 16.7. The summed E-state index contributed by atoms with van der Waals surface area (Å²) in [6.45, 7) is 0. The first-order valence-corrected chi connectivity index (χ1v) is 10.3. The number of para-hydroxylation sites is 1. The van der Waals surface area contributed by atoms with E-state index >= 15 is 0 Å². The fourth-order valence-electron chi connectivity index (χ4n) is 4.33. The van der Waals surface area contributed by atoms with Gasteiger partial charge >= 0.3 is 5.97 Å². The van der Waals surface area contributed by atoms with Crippen LogP contribution in [-0.2, 0) is 0 Å². The van der Waals surface area contributed by atoms with Crippen molar-refractivity contribution in [2.75, 3.05) is 14.2 Å². The monoisotopic (exact) mass is 430 g/mol. The first-order valence-electron chi connectivity index (χ1n) is 10.3. The van der Waals surface area contributed by atoms with Gasteiger partial charge in [0.05, 0.1) is 31.5 Å². The second-order valence-electron chi connectivity index (χ2n) is 7.62. The zero-order valence-corrected chi connectivity index (χ0v) is 17.7. The molecular weight excluding hydrogens is 408 g/mol. The van der Waals surface area contributed by atoms with Gasteiger partial charge in [0.1, 0.15) is 5.75 Å². The molecule has 162 valence electrons. The number of benzene rings is 3. The summed E-state index contributed by atoms with van der Waals surface area (Å²) in [7, 11) is 2.99. The number of hydrogen-bond acceptors (Lipinski definition) is 6. The summed E-state index contributed by atoms with van der Waals surface area (Å²) in [4.78, 5) is 12.1. The molecule has 7 nitrogen and oxygen atoms in total. The molecule has 7 heteroatoms. The van der Waals surface area contributed by atoms with Crippen LogP contribution in [0.15, 0.2) is 71.8 Å². The minimum Gasteiger partial charge on any atom is -0.493 e. The molecule has 32 heavy (non-hydrogen) atoms. The van der Waals surface area contributed by atoms with Crippen LogP contribution < -0.4 is 14.2 Å². The minimum absolute atomic E-state index is 0.0742. The Hall–Kier alpha value is -4.00. The summed E-state index contributed by atoms with van der Waals surface area (Å²) < 4.78 is 17.1. The Bertz CT molecular complexity index is 1210. The van der Waals surface area contributed by atoms with E-state index in [4.69, 9.17) is 19.3 Å². The fraction of sp³-hybridized carbons (Fsp3) is 0.200. The van der Waals surface area contributed by atoms with Gasteiger partial charge in [-0.15, -0.1) is 0 Å². The SMILES string of the molecule is COc1cc(C(=O)O)c([C@H]2Oc3ccccc3[C@@H]3CC(c4ccccc4)=NN23)cc1OC. The normalized spacial score (nSPS) is 18.8. The van der Waals surface area contributed by atoms with Gasteiger partial charge in [-0.2, -0.15) is 5.10 Å². The largest absolute Gasteiger partial charge is 0.493 e. The van der Waals surface area contributed by atoms with Crippen LogP contribution in [0.4, 0.5) is 0 Å². The van der Waals surface area contributed by atoms with Crippen LogP contribution in [0.1, 0.15) is 45.7 Å². The smallest absolute Gasteiger partial charge is 0.336 e. The number of rotatable bonds is 5. The highest BCUT2D eigenvalue weighted by Crippen LogP contribution is 2.49. The maximum Gasteiger partial charge on any atom is 0.336 e. The van der Waals surface area contributed by atoms with E-state index in [1.165, 1.54) is 20.3 Å². The van der Waals surface area contributed by atoms with E-state index in [1.54, 1.807) is 6.07 Å². The molecule has 0 spiro atoms. The van der Waals surface area contributed by atoms with Crippen molar-refractivity contribution in [2.24, 2.45) is 5.10 Å². The van der Waals surface area contributed by atoms with Crippen LogP contribution in [0.3, 0.4) is 0 Å². The van der Waals surface area contributed by atoms with Crippen LogP contribution in [0.2, 0.25) is 0 Å². The van der Waals surface area contributed by atoms with E-state index in [1.807, 2.05) is 59.6 Å². The van der Waals surface area contributed by atoms with Crippen LogP contribution in [-0.4, -0.2) is 36.0 Å². The van der Waals surface area contributed by atoms with Gasteiger partial charge in [-0.3, -0.25) is 0 Å². The second kappa shape index (κ2) is 7.92. The third-order valence-corrected chi connectivity index (χ3v) is 5.86. The van der Waals surface area contributed by atoms with Crippen molar-refractivity contribution in [1.82, 2.24) is 5.01 Å². The summed E-state index contributed by atoms with van der Waals surface area (Å²) >= 11 is 0. The highest BCUT2D eigenvalue weighted by molar-refractivity contribution is 6.02. The lowest BCUT2D eigenvalue weighted by atomic mass is 9.95. The number of methoxy groups -OCH3 is 2. The number of carbonyl (C=O) groups is 1.